The van der Waals surface area contributed by atoms with Gasteiger partial charge in [0.1, 0.15) is 0 Å². The third-order valence-corrected chi connectivity index (χ3v) is 4.31. The van der Waals surface area contributed by atoms with Crippen molar-refractivity contribution in [3.63, 3.8) is 0 Å². The Bertz CT molecular complexity index is 798. The molecule has 0 radical (unpaired) electrons. The van der Waals surface area contributed by atoms with E-state index in [2.05, 4.69) is 12.2 Å². The van der Waals surface area contributed by atoms with Gasteiger partial charge in [-0.1, -0.05) is 19.1 Å². The van der Waals surface area contributed by atoms with Crippen LogP contribution in [0, 0.1) is 0 Å². The number of urea groups is 2. The average Bonchev–Trinajstić information content (AvgIpc) is 2.59. The lowest BCUT2D eigenvalue weighted by molar-refractivity contribution is 0.253. The number of anilines is 4. The van der Waals surface area contributed by atoms with E-state index in [1.807, 2.05) is 12.1 Å². The van der Waals surface area contributed by atoms with E-state index in [1.54, 1.807) is 24.3 Å². The van der Waals surface area contributed by atoms with Gasteiger partial charge >= 0.3 is 12.1 Å². The number of rotatable bonds is 2. The topological polar surface area (TPSA) is 157 Å². The van der Waals surface area contributed by atoms with E-state index in [-0.39, 0.29) is 5.92 Å². The van der Waals surface area contributed by atoms with Crippen molar-refractivity contribution in [1.29, 1.82) is 0 Å². The first-order valence-electron chi connectivity index (χ1n) is 7.53. The van der Waals surface area contributed by atoms with Crippen molar-refractivity contribution < 1.29 is 9.59 Å². The summed E-state index contributed by atoms with van der Waals surface area (Å²) in [5.74, 6) is 11.4. The molecule has 0 aromatic heterocycles. The Morgan fingerprint density at radius 1 is 0.880 bits per heavy atom. The third-order valence-electron chi connectivity index (χ3n) is 4.31. The molecule has 0 saturated heterocycles. The molecule has 0 aliphatic carbocycles. The number of nitrogens with one attached hydrogen (secondary N) is 1. The van der Waals surface area contributed by atoms with Crippen molar-refractivity contribution in [3.8, 4) is 0 Å². The monoisotopic (exact) mass is 341 g/mol. The van der Waals surface area contributed by atoms with E-state index in [4.69, 9.17) is 23.2 Å². The lowest BCUT2D eigenvalue weighted by Gasteiger charge is -2.29. The highest BCUT2D eigenvalue weighted by molar-refractivity contribution is 5.92. The number of nitrogens with zero attached hydrogens (tertiary/aromatic N) is 2. The Morgan fingerprint density at radius 2 is 1.28 bits per heavy atom. The summed E-state index contributed by atoms with van der Waals surface area (Å²) in [4.78, 5) is 22.5. The fourth-order valence-corrected chi connectivity index (χ4v) is 2.93. The fraction of sp³-hybridized carbons (Fsp3) is 0.125. The maximum atomic E-state index is 11.3. The van der Waals surface area contributed by atoms with Crippen LogP contribution in [0.5, 0.6) is 0 Å². The second-order valence-corrected chi connectivity index (χ2v) is 5.81. The second-order valence-electron chi connectivity index (χ2n) is 5.81. The lowest BCUT2D eigenvalue weighted by atomic mass is 9.87. The zero-order valence-corrected chi connectivity index (χ0v) is 13.6. The zero-order valence-electron chi connectivity index (χ0n) is 13.6. The molecule has 9 N–H and O–H groups in total. The summed E-state index contributed by atoms with van der Waals surface area (Å²) >= 11 is 0. The minimum Gasteiger partial charge on any atom is -0.355 e. The smallest absolute Gasteiger partial charge is 0.333 e. The molecule has 1 heterocycles. The first-order valence-corrected chi connectivity index (χ1v) is 7.53. The van der Waals surface area contributed by atoms with Crippen LogP contribution in [0.15, 0.2) is 36.4 Å². The van der Waals surface area contributed by atoms with Gasteiger partial charge in [0.2, 0.25) is 0 Å². The number of carbonyl (C=O) groups excluding carboxylic acids is 2. The summed E-state index contributed by atoms with van der Waals surface area (Å²) < 4.78 is 0. The Kier molecular flexibility index (Phi) is 3.95. The van der Waals surface area contributed by atoms with Gasteiger partial charge in [0.15, 0.2) is 0 Å². The van der Waals surface area contributed by atoms with Crippen LogP contribution >= 0.6 is 0 Å². The molecule has 0 saturated carbocycles. The lowest BCUT2D eigenvalue weighted by Crippen LogP contribution is -2.41. The number of nitrogens with two attached hydrogens (primary N) is 4. The molecule has 25 heavy (non-hydrogen) atoms. The van der Waals surface area contributed by atoms with Crippen LogP contribution in [0.25, 0.3) is 0 Å². The second kappa shape index (κ2) is 5.96. The van der Waals surface area contributed by atoms with Crippen LogP contribution in [0.2, 0.25) is 0 Å². The van der Waals surface area contributed by atoms with Crippen molar-refractivity contribution in [1.82, 2.24) is 0 Å². The van der Waals surface area contributed by atoms with Crippen LogP contribution in [0.4, 0.5) is 32.3 Å². The number of hydrogen-bond donors (Lipinski definition) is 5. The van der Waals surface area contributed by atoms with E-state index >= 15 is 0 Å². The molecule has 1 aliphatic rings. The van der Waals surface area contributed by atoms with Gasteiger partial charge in [0.05, 0.1) is 11.4 Å². The number of hydrazine groups is 2. The number of primary amides is 2. The maximum Gasteiger partial charge on any atom is 0.333 e. The number of carbonyl (C=O) groups is 2. The van der Waals surface area contributed by atoms with E-state index in [0.29, 0.717) is 11.4 Å². The molecule has 9 heteroatoms. The normalized spacial score (nSPS) is 12.6. The van der Waals surface area contributed by atoms with Crippen LogP contribution in [0.3, 0.4) is 0 Å². The van der Waals surface area contributed by atoms with Gasteiger partial charge in [-0.15, -0.1) is 0 Å². The standard InChI is InChI=1S/C16H19N7O2/c1-8-11-4-2-9(22(19)15(17)24)6-13(11)21-14-7-10(3-5-12(8)14)23(20)16(18)25/h2-8,21H,19-20H2,1H3,(H2,17,24)(H2,18,25). The van der Waals surface area contributed by atoms with E-state index < -0.39 is 12.1 Å². The Labute approximate surface area is 144 Å². The molecule has 4 amide bonds. The average molecular weight is 341 g/mol. The van der Waals surface area contributed by atoms with Gasteiger partial charge in [0.25, 0.3) is 0 Å². The Hall–Kier alpha value is -3.30. The first-order chi connectivity index (χ1) is 11.8. The summed E-state index contributed by atoms with van der Waals surface area (Å²) in [6.45, 7) is 2.06. The molecular weight excluding hydrogens is 322 g/mol. The number of fused-ring (bicyclic) bond motifs is 2. The predicted molar refractivity (Wildman–Crippen MR) is 96.2 cm³/mol. The highest BCUT2D eigenvalue weighted by Crippen LogP contribution is 2.43. The quantitative estimate of drug-likeness (QED) is 0.317. The van der Waals surface area contributed by atoms with E-state index in [1.165, 1.54) is 0 Å². The number of amides is 4. The maximum absolute atomic E-state index is 11.3. The molecule has 2 aromatic rings. The van der Waals surface area contributed by atoms with Crippen LogP contribution in [-0.2, 0) is 0 Å². The Balaban J connectivity index is 2.01. The highest BCUT2D eigenvalue weighted by Gasteiger charge is 2.24. The van der Waals surface area contributed by atoms with Crippen molar-refractivity contribution in [2.24, 2.45) is 23.2 Å². The van der Waals surface area contributed by atoms with Gasteiger partial charge in [-0.2, -0.15) is 0 Å². The molecular formula is C16H19N7O2. The molecule has 130 valence electrons. The SMILES string of the molecule is CC1c2ccc(N(N)C(N)=O)cc2Nc2cc(N(N)C(N)=O)ccc21. The zero-order chi connectivity index (χ0) is 18.3. The number of benzene rings is 2. The molecule has 9 nitrogen and oxygen atoms in total. The molecule has 0 spiro atoms. The van der Waals surface area contributed by atoms with E-state index in [0.717, 1.165) is 32.5 Å². The van der Waals surface area contributed by atoms with E-state index in [9.17, 15) is 9.59 Å². The van der Waals surface area contributed by atoms with Gasteiger partial charge in [-0.3, -0.25) is 0 Å². The summed E-state index contributed by atoms with van der Waals surface area (Å²) in [5.41, 5.74) is 15.0. The molecule has 2 aromatic carbocycles. The highest BCUT2D eigenvalue weighted by atomic mass is 16.2. The molecule has 0 atom stereocenters. The van der Waals surface area contributed by atoms with Gasteiger partial charge in [-0.25, -0.2) is 31.3 Å². The van der Waals surface area contributed by atoms with Gasteiger partial charge < -0.3 is 16.8 Å². The third kappa shape index (κ3) is 2.82. The van der Waals surface area contributed by atoms with Crippen LogP contribution in [0.1, 0.15) is 24.0 Å². The van der Waals surface area contributed by atoms with Crippen molar-refractivity contribution in [2.75, 3.05) is 15.3 Å². The summed E-state index contributed by atoms with van der Waals surface area (Å²) in [6, 6.07) is 9.20. The minimum absolute atomic E-state index is 0.0916. The predicted octanol–water partition coefficient (Wildman–Crippen LogP) is 1.41. The summed E-state index contributed by atoms with van der Waals surface area (Å²) in [7, 11) is 0. The largest absolute Gasteiger partial charge is 0.355 e. The first kappa shape index (κ1) is 16.6. The molecule has 0 bridgehead atoms. The van der Waals surface area contributed by atoms with Crippen LogP contribution in [-0.4, -0.2) is 12.1 Å². The van der Waals surface area contributed by atoms with Gasteiger partial charge in [-0.05, 0) is 35.4 Å². The molecule has 0 fully saturated rings. The summed E-state index contributed by atoms with van der Waals surface area (Å²) in [6.07, 6.45) is 0. The summed E-state index contributed by atoms with van der Waals surface area (Å²) in [5, 5.41) is 5.01. The number of hydrogen-bond acceptors (Lipinski definition) is 5. The molecule has 0 unspecified atom stereocenters. The van der Waals surface area contributed by atoms with Crippen molar-refractivity contribution >= 4 is 34.8 Å². The van der Waals surface area contributed by atoms with Crippen molar-refractivity contribution in [3.05, 3.63) is 47.5 Å². The van der Waals surface area contributed by atoms with Gasteiger partial charge in [0, 0.05) is 17.3 Å². The molecule has 1 aliphatic heterocycles. The van der Waals surface area contributed by atoms with Crippen LogP contribution < -0.4 is 38.5 Å². The minimum atomic E-state index is -0.758. The van der Waals surface area contributed by atoms with Crippen molar-refractivity contribution in [2.45, 2.75) is 12.8 Å². The molecule has 3 rings (SSSR count). The fourth-order valence-electron chi connectivity index (χ4n) is 2.93. The Morgan fingerprint density at radius 3 is 1.64 bits per heavy atom.